The number of hydrogen-bond donors (Lipinski definition) is 2. The molecule has 0 bridgehead atoms. The molecule has 0 amide bonds. The molecule has 0 aliphatic rings. The van der Waals surface area contributed by atoms with Crippen molar-refractivity contribution >= 4 is 39.7 Å². The van der Waals surface area contributed by atoms with Crippen LogP contribution in [0.25, 0.3) is 11.0 Å². The van der Waals surface area contributed by atoms with Gasteiger partial charge in [-0.05, 0) is 31.3 Å². The number of hydrogen-bond acceptors (Lipinski definition) is 6. The summed E-state index contributed by atoms with van der Waals surface area (Å²) >= 11 is 4.60. The summed E-state index contributed by atoms with van der Waals surface area (Å²) in [6.07, 6.45) is 0. The van der Waals surface area contributed by atoms with E-state index in [-0.39, 0.29) is 21.9 Å². The lowest BCUT2D eigenvalue weighted by atomic mass is 10.1. The van der Waals surface area contributed by atoms with Gasteiger partial charge in [-0.3, -0.25) is 15.5 Å². The highest BCUT2D eigenvalue weighted by atomic mass is 32.1. The minimum absolute atomic E-state index is 0.0461. The van der Waals surface area contributed by atoms with Gasteiger partial charge in [0.15, 0.2) is 5.11 Å². The molecular formula is C12H10N4O4S. The van der Waals surface area contributed by atoms with Crippen molar-refractivity contribution in [3.8, 4) is 0 Å². The minimum Gasteiger partial charge on any atom is -0.422 e. The Morgan fingerprint density at radius 3 is 2.81 bits per heavy atom. The van der Waals surface area contributed by atoms with Crippen LogP contribution in [0.5, 0.6) is 0 Å². The molecule has 0 radical (unpaired) electrons. The van der Waals surface area contributed by atoms with E-state index in [1.165, 1.54) is 24.3 Å². The maximum absolute atomic E-state index is 11.9. The predicted molar refractivity (Wildman–Crippen MR) is 81.3 cm³/mol. The zero-order valence-corrected chi connectivity index (χ0v) is 11.6. The number of benzene rings is 1. The Morgan fingerprint density at radius 1 is 1.48 bits per heavy atom. The van der Waals surface area contributed by atoms with Crippen LogP contribution in [0.1, 0.15) is 12.5 Å². The van der Waals surface area contributed by atoms with E-state index >= 15 is 0 Å². The van der Waals surface area contributed by atoms with Gasteiger partial charge in [-0.1, -0.05) is 0 Å². The number of rotatable bonds is 3. The van der Waals surface area contributed by atoms with Crippen LogP contribution in [0.2, 0.25) is 0 Å². The summed E-state index contributed by atoms with van der Waals surface area (Å²) in [4.78, 5) is 22.1. The van der Waals surface area contributed by atoms with Crippen LogP contribution in [-0.2, 0) is 0 Å². The summed E-state index contributed by atoms with van der Waals surface area (Å²) in [7, 11) is 0. The van der Waals surface area contributed by atoms with E-state index in [1.54, 1.807) is 6.92 Å². The molecule has 9 heteroatoms. The highest BCUT2D eigenvalue weighted by Gasteiger charge is 2.12. The van der Waals surface area contributed by atoms with Crippen molar-refractivity contribution in [2.75, 3.05) is 0 Å². The molecule has 0 spiro atoms. The second-order valence-electron chi connectivity index (χ2n) is 4.10. The van der Waals surface area contributed by atoms with E-state index in [9.17, 15) is 14.9 Å². The molecule has 0 fully saturated rings. The van der Waals surface area contributed by atoms with Gasteiger partial charge in [-0.2, -0.15) is 5.10 Å². The zero-order valence-electron chi connectivity index (χ0n) is 10.8. The summed E-state index contributed by atoms with van der Waals surface area (Å²) < 4.78 is 5.10. The van der Waals surface area contributed by atoms with Crippen molar-refractivity contribution in [2.45, 2.75) is 6.92 Å². The topological polar surface area (TPSA) is 124 Å². The second kappa shape index (κ2) is 5.67. The zero-order chi connectivity index (χ0) is 15.6. The Kier molecular flexibility index (Phi) is 3.94. The lowest BCUT2D eigenvalue weighted by Crippen LogP contribution is -2.26. The molecule has 108 valence electrons. The molecule has 3 N–H and O–H groups in total. The number of nitrogens with zero attached hydrogens (tertiary/aromatic N) is 2. The van der Waals surface area contributed by atoms with Gasteiger partial charge in [-0.25, -0.2) is 4.79 Å². The first-order valence-electron chi connectivity index (χ1n) is 5.71. The number of nitrogens with two attached hydrogens (primary N) is 1. The van der Waals surface area contributed by atoms with Crippen molar-refractivity contribution in [3.63, 3.8) is 0 Å². The molecule has 2 rings (SSSR count). The van der Waals surface area contributed by atoms with Gasteiger partial charge in [0, 0.05) is 17.5 Å². The SMILES string of the molecule is CC(=NNC(N)=S)c1cc2cc([N+](=O)[O-])ccc2oc1=O. The third kappa shape index (κ3) is 3.20. The molecule has 0 aliphatic heterocycles. The lowest BCUT2D eigenvalue weighted by molar-refractivity contribution is -0.384. The standard InChI is InChI=1S/C12H10N4O4S/c1-6(14-15-12(13)21)9-5-7-4-8(16(18)19)2-3-10(7)20-11(9)17/h2-5H,1H3,(H3,13,15,21). The van der Waals surface area contributed by atoms with Crippen molar-refractivity contribution < 1.29 is 9.34 Å². The third-order valence-electron chi connectivity index (χ3n) is 2.65. The predicted octanol–water partition coefficient (Wildman–Crippen LogP) is 1.26. The number of thiocarbonyl (C=S) groups is 1. The van der Waals surface area contributed by atoms with Crippen LogP contribution in [0, 0.1) is 10.1 Å². The molecule has 1 heterocycles. The highest BCUT2D eigenvalue weighted by Crippen LogP contribution is 2.20. The first-order valence-corrected chi connectivity index (χ1v) is 6.11. The Bertz CT molecular complexity index is 828. The van der Waals surface area contributed by atoms with Gasteiger partial charge in [0.05, 0.1) is 16.2 Å². The maximum Gasteiger partial charge on any atom is 0.345 e. The largest absolute Gasteiger partial charge is 0.422 e. The van der Waals surface area contributed by atoms with E-state index in [0.717, 1.165) is 0 Å². The molecule has 0 unspecified atom stereocenters. The molecule has 1 aromatic heterocycles. The number of nitro benzene ring substituents is 1. The van der Waals surface area contributed by atoms with Gasteiger partial charge >= 0.3 is 5.63 Å². The van der Waals surface area contributed by atoms with E-state index in [0.29, 0.717) is 11.1 Å². The molecule has 0 saturated heterocycles. The van der Waals surface area contributed by atoms with Crippen molar-refractivity contribution in [2.24, 2.45) is 10.8 Å². The number of nitro groups is 1. The van der Waals surface area contributed by atoms with E-state index in [1.807, 2.05) is 0 Å². The van der Waals surface area contributed by atoms with Crippen LogP contribution in [0.4, 0.5) is 5.69 Å². The first-order chi connectivity index (χ1) is 9.88. The van der Waals surface area contributed by atoms with Crippen molar-refractivity contribution in [1.29, 1.82) is 0 Å². The van der Waals surface area contributed by atoms with E-state index in [4.69, 9.17) is 10.2 Å². The molecule has 21 heavy (non-hydrogen) atoms. The Hall–Kier alpha value is -2.81. The average molecular weight is 306 g/mol. The smallest absolute Gasteiger partial charge is 0.345 e. The molecule has 0 aliphatic carbocycles. The van der Waals surface area contributed by atoms with E-state index < -0.39 is 10.5 Å². The summed E-state index contributed by atoms with van der Waals surface area (Å²) in [5.41, 5.74) is 7.60. The molecule has 0 atom stereocenters. The molecule has 1 aromatic carbocycles. The number of non-ortho nitro benzene ring substituents is 1. The minimum atomic E-state index is -0.609. The summed E-state index contributed by atoms with van der Waals surface area (Å²) in [5, 5.41) is 15.0. The Labute approximate surface area is 123 Å². The Morgan fingerprint density at radius 2 is 2.19 bits per heavy atom. The summed E-state index contributed by atoms with van der Waals surface area (Å²) in [6.45, 7) is 1.56. The number of fused-ring (bicyclic) bond motifs is 1. The van der Waals surface area contributed by atoms with Crippen LogP contribution in [0.15, 0.2) is 38.6 Å². The Balaban J connectivity index is 2.57. The highest BCUT2D eigenvalue weighted by molar-refractivity contribution is 7.80. The first kappa shape index (κ1) is 14.6. The average Bonchev–Trinajstić information content (AvgIpc) is 2.43. The second-order valence-corrected chi connectivity index (χ2v) is 4.54. The quantitative estimate of drug-likeness (QED) is 0.287. The van der Waals surface area contributed by atoms with E-state index in [2.05, 4.69) is 22.7 Å². The fourth-order valence-corrected chi connectivity index (χ4v) is 1.72. The summed E-state index contributed by atoms with van der Waals surface area (Å²) in [5.74, 6) is 0. The molecular weight excluding hydrogens is 296 g/mol. The van der Waals surface area contributed by atoms with Crippen LogP contribution < -0.4 is 16.8 Å². The third-order valence-corrected chi connectivity index (χ3v) is 2.74. The molecule has 2 aromatic rings. The van der Waals surface area contributed by atoms with Gasteiger partial charge in [0.25, 0.3) is 5.69 Å². The maximum atomic E-state index is 11.9. The van der Waals surface area contributed by atoms with Crippen LogP contribution in [0.3, 0.4) is 0 Å². The molecule has 8 nitrogen and oxygen atoms in total. The van der Waals surface area contributed by atoms with Crippen LogP contribution in [-0.4, -0.2) is 15.7 Å². The summed E-state index contributed by atoms with van der Waals surface area (Å²) in [6, 6.07) is 5.42. The van der Waals surface area contributed by atoms with Gasteiger partial charge in [0.2, 0.25) is 0 Å². The fraction of sp³-hybridized carbons (Fsp3) is 0.0833. The van der Waals surface area contributed by atoms with Crippen molar-refractivity contribution in [1.82, 2.24) is 5.43 Å². The van der Waals surface area contributed by atoms with Crippen molar-refractivity contribution in [3.05, 3.63) is 50.4 Å². The van der Waals surface area contributed by atoms with Gasteiger partial charge in [-0.15, -0.1) is 0 Å². The fourth-order valence-electron chi connectivity index (χ4n) is 1.68. The number of hydrazone groups is 1. The lowest BCUT2D eigenvalue weighted by Gasteiger charge is -2.02. The number of nitrogens with one attached hydrogen (secondary N) is 1. The van der Waals surface area contributed by atoms with Gasteiger partial charge < -0.3 is 10.2 Å². The monoisotopic (exact) mass is 306 g/mol. The molecule has 0 saturated carbocycles. The van der Waals surface area contributed by atoms with Gasteiger partial charge in [0.1, 0.15) is 5.58 Å². The van der Waals surface area contributed by atoms with Crippen LogP contribution >= 0.6 is 12.2 Å². The normalized spacial score (nSPS) is 11.4.